The summed E-state index contributed by atoms with van der Waals surface area (Å²) in [5, 5.41) is 4.46. The van der Waals surface area contributed by atoms with Crippen LogP contribution < -0.4 is 5.32 Å². The molecule has 3 heteroatoms. The number of hydrogen-bond acceptors (Lipinski definition) is 1. The van der Waals surface area contributed by atoms with E-state index in [1.165, 1.54) is 0 Å². The molecule has 0 aliphatic heterocycles. The van der Waals surface area contributed by atoms with Gasteiger partial charge < -0.3 is 5.32 Å². The molecule has 0 radical (unpaired) electrons. The average molecular weight is 203 g/mol. The fraction of sp³-hybridized carbons (Fsp3) is 0.0833. The van der Waals surface area contributed by atoms with Gasteiger partial charge >= 0.3 is 0 Å². The van der Waals surface area contributed by atoms with Gasteiger partial charge in [-0.05, 0) is 11.5 Å². The first-order valence-corrected chi connectivity index (χ1v) is 4.65. The predicted octanol–water partition coefficient (Wildman–Crippen LogP) is 2.75. The van der Waals surface area contributed by atoms with E-state index in [0.717, 1.165) is 10.8 Å². The Morgan fingerprint density at radius 1 is 1.13 bits per heavy atom. The van der Waals surface area contributed by atoms with Crippen LogP contribution in [0.15, 0.2) is 42.5 Å². The van der Waals surface area contributed by atoms with E-state index in [1.807, 2.05) is 36.4 Å². The second kappa shape index (κ2) is 4.09. The minimum Gasteiger partial charge on any atom is -0.323 e. The molecule has 1 N–H and O–H groups in total. The van der Waals surface area contributed by atoms with Gasteiger partial charge in [0.05, 0.1) is 0 Å². The third kappa shape index (κ3) is 1.96. The molecule has 0 spiro atoms. The molecule has 0 aromatic heterocycles. The Bertz CT molecular complexity index is 490. The molecular formula is C12H10FNO. The summed E-state index contributed by atoms with van der Waals surface area (Å²) in [4.78, 5) is 10.9. The lowest BCUT2D eigenvalue weighted by atomic mass is 10.1. The molecule has 2 aromatic carbocycles. The van der Waals surface area contributed by atoms with E-state index < -0.39 is 12.6 Å². The second-order valence-corrected chi connectivity index (χ2v) is 3.21. The number of fused-ring (bicyclic) bond motifs is 1. The van der Waals surface area contributed by atoms with Gasteiger partial charge in [0.2, 0.25) is 0 Å². The number of alkyl halides is 1. The predicted molar refractivity (Wildman–Crippen MR) is 58.6 cm³/mol. The van der Waals surface area contributed by atoms with Crippen LogP contribution >= 0.6 is 0 Å². The van der Waals surface area contributed by atoms with Crippen molar-refractivity contribution in [1.82, 2.24) is 0 Å². The van der Waals surface area contributed by atoms with E-state index in [0.29, 0.717) is 5.69 Å². The van der Waals surface area contributed by atoms with Crippen LogP contribution in [0.2, 0.25) is 0 Å². The summed E-state index contributed by atoms with van der Waals surface area (Å²) in [6.07, 6.45) is 0. The normalized spacial score (nSPS) is 10.2. The molecule has 2 rings (SSSR count). The van der Waals surface area contributed by atoms with Crippen LogP contribution in [-0.2, 0) is 4.79 Å². The third-order valence-electron chi connectivity index (χ3n) is 2.19. The second-order valence-electron chi connectivity index (χ2n) is 3.21. The van der Waals surface area contributed by atoms with E-state index in [1.54, 1.807) is 6.07 Å². The highest BCUT2D eigenvalue weighted by Gasteiger charge is 2.03. The summed E-state index contributed by atoms with van der Waals surface area (Å²) < 4.78 is 12.1. The minimum absolute atomic E-state index is 0.619. The molecule has 1 amide bonds. The van der Waals surface area contributed by atoms with E-state index >= 15 is 0 Å². The van der Waals surface area contributed by atoms with Gasteiger partial charge in [0, 0.05) is 11.1 Å². The van der Waals surface area contributed by atoms with Gasteiger partial charge in [0.1, 0.15) is 0 Å². The Balaban J connectivity index is 2.46. The monoisotopic (exact) mass is 203 g/mol. The van der Waals surface area contributed by atoms with Crippen molar-refractivity contribution in [3.05, 3.63) is 42.5 Å². The molecule has 0 bridgehead atoms. The average Bonchev–Trinajstić information content (AvgIpc) is 2.29. The molecule has 2 aromatic rings. The topological polar surface area (TPSA) is 29.1 Å². The van der Waals surface area contributed by atoms with Gasteiger partial charge in [-0.3, -0.25) is 4.79 Å². The molecule has 0 atom stereocenters. The summed E-state index contributed by atoms with van der Waals surface area (Å²) in [5.74, 6) is -0.619. The molecule has 0 heterocycles. The number of carbonyl (C=O) groups is 1. The van der Waals surface area contributed by atoms with Crippen molar-refractivity contribution < 1.29 is 9.18 Å². The standard InChI is InChI=1S/C12H10FNO/c13-8-12(15)14-11-7-3-5-9-4-1-2-6-10(9)11/h1-7H,8H2,(H,14,15). The van der Waals surface area contributed by atoms with Crippen LogP contribution in [0.3, 0.4) is 0 Å². The van der Waals surface area contributed by atoms with Crippen molar-refractivity contribution in [2.75, 3.05) is 12.0 Å². The van der Waals surface area contributed by atoms with Crippen LogP contribution in [-0.4, -0.2) is 12.6 Å². The molecule has 0 aliphatic carbocycles. The number of benzene rings is 2. The molecule has 76 valence electrons. The highest BCUT2D eigenvalue weighted by Crippen LogP contribution is 2.22. The number of halogens is 1. The lowest BCUT2D eigenvalue weighted by Crippen LogP contribution is -2.13. The summed E-state index contributed by atoms with van der Waals surface area (Å²) in [6, 6.07) is 13.2. The van der Waals surface area contributed by atoms with E-state index in [4.69, 9.17) is 0 Å². The summed E-state index contributed by atoms with van der Waals surface area (Å²) >= 11 is 0. The molecule has 0 aliphatic rings. The van der Waals surface area contributed by atoms with Crippen LogP contribution in [0, 0.1) is 0 Å². The van der Waals surface area contributed by atoms with Gasteiger partial charge in [-0.25, -0.2) is 4.39 Å². The quantitative estimate of drug-likeness (QED) is 0.798. The van der Waals surface area contributed by atoms with Gasteiger partial charge in [0.25, 0.3) is 5.91 Å². The number of rotatable bonds is 2. The lowest BCUT2D eigenvalue weighted by Gasteiger charge is -2.06. The molecule has 0 saturated heterocycles. The number of nitrogens with one attached hydrogen (secondary N) is 1. The number of hydrogen-bond donors (Lipinski definition) is 1. The van der Waals surface area contributed by atoms with Crippen molar-refractivity contribution in [2.24, 2.45) is 0 Å². The van der Waals surface area contributed by atoms with Crippen molar-refractivity contribution in [3.63, 3.8) is 0 Å². The van der Waals surface area contributed by atoms with Crippen molar-refractivity contribution in [3.8, 4) is 0 Å². The maximum atomic E-state index is 12.1. The Hall–Kier alpha value is -1.90. The first-order valence-electron chi connectivity index (χ1n) is 4.65. The number of carbonyl (C=O) groups excluding carboxylic acids is 1. The Morgan fingerprint density at radius 3 is 2.67 bits per heavy atom. The highest BCUT2D eigenvalue weighted by atomic mass is 19.1. The molecule has 0 unspecified atom stereocenters. The lowest BCUT2D eigenvalue weighted by molar-refractivity contribution is -0.117. The zero-order chi connectivity index (χ0) is 10.7. The maximum absolute atomic E-state index is 12.1. The van der Waals surface area contributed by atoms with Gasteiger partial charge in [0.15, 0.2) is 6.67 Å². The summed E-state index contributed by atoms with van der Waals surface area (Å²) in [6.45, 7) is -0.997. The molecule has 0 fully saturated rings. The molecule has 0 saturated carbocycles. The maximum Gasteiger partial charge on any atom is 0.255 e. The largest absolute Gasteiger partial charge is 0.323 e. The first kappa shape index (κ1) is 9.65. The van der Waals surface area contributed by atoms with E-state index in [-0.39, 0.29) is 0 Å². The van der Waals surface area contributed by atoms with Crippen molar-refractivity contribution >= 4 is 22.4 Å². The van der Waals surface area contributed by atoms with Crippen LogP contribution in [0.4, 0.5) is 10.1 Å². The molecular weight excluding hydrogens is 193 g/mol. The van der Waals surface area contributed by atoms with Crippen molar-refractivity contribution in [1.29, 1.82) is 0 Å². The fourth-order valence-electron chi connectivity index (χ4n) is 1.52. The van der Waals surface area contributed by atoms with Crippen molar-refractivity contribution in [2.45, 2.75) is 0 Å². The molecule has 2 nitrogen and oxygen atoms in total. The minimum atomic E-state index is -0.997. The zero-order valence-corrected chi connectivity index (χ0v) is 8.03. The summed E-state index contributed by atoms with van der Waals surface area (Å²) in [7, 11) is 0. The zero-order valence-electron chi connectivity index (χ0n) is 8.03. The van der Waals surface area contributed by atoms with Crippen LogP contribution in [0.25, 0.3) is 10.8 Å². The first-order chi connectivity index (χ1) is 7.31. The van der Waals surface area contributed by atoms with Gasteiger partial charge in [-0.15, -0.1) is 0 Å². The van der Waals surface area contributed by atoms with Gasteiger partial charge in [-0.1, -0.05) is 36.4 Å². The van der Waals surface area contributed by atoms with Crippen LogP contribution in [0.1, 0.15) is 0 Å². The Labute approximate surface area is 86.7 Å². The third-order valence-corrected chi connectivity index (χ3v) is 2.19. The smallest absolute Gasteiger partial charge is 0.255 e. The van der Waals surface area contributed by atoms with E-state index in [2.05, 4.69) is 5.32 Å². The number of anilines is 1. The fourth-order valence-corrected chi connectivity index (χ4v) is 1.52. The summed E-state index contributed by atoms with van der Waals surface area (Å²) in [5.41, 5.74) is 0.649. The van der Waals surface area contributed by atoms with Gasteiger partial charge in [-0.2, -0.15) is 0 Å². The van der Waals surface area contributed by atoms with E-state index in [9.17, 15) is 9.18 Å². The van der Waals surface area contributed by atoms with Crippen LogP contribution in [0.5, 0.6) is 0 Å². The highest BCUT2D eigenvalue weighted by molar-refractivity contribution is 6.02. The number of amides is 1. The molecule has 15 heavy (non-hydrogen) atoms. The Kier molecular flexibility index (Phi) is 2.63. The SMILES string of the molecule is O=C(CF)Nc1cccc2ccccc12. The Morgan fingerprint density at radius 2 is 1.87 bits per heavy atom.